The van der Waals surface area contributed by atoms with Gasteiger partial charge < -0.3 is 15.5 Å². The highest BCUT2D eigenvalue weighted by atomic mass is 19.4. The normalized spacial score (nSPS) is 21.5. The second-order valence-corrected chi connectivity index (χ2v) is 8.92. The van der Waals surface area contributed by atoms with Gasteiger partial charge in [-0.3, -0.25) is 14.3 Å². The number of carbonyl (C=O) groups is 2. The van der Waals surface area contributed by atoms with Crippen LogP contribution in [0.3, 0.4) is 0 Å². The molecule has 2 aliphatic heterocycles. The summed E-state index contributed by atoms with van der Waals surface area (Å²) in [6.45, 7) is 1.63. The molecular formula is C23H25F3N6O2. The van der Waals surface area contributed by atoms with Gasteiger partial charge in [0.2, 0.25) is 5.91 Å². The van der Waals surface area contributed by atoms with Crippen LogP contribution in [-0.2, 0) is 18.0 Å². The molecular weight excluding hydrogens is 449 g/mol. The Labute approximate surface area is 194 Å². The van der Waals surface area contributed by atoms with Crippen molar-refractivity contribution in [3.8, 4) is 6.07 Å². The van der Waals surface area contributed by atoms with Crippen LogP contribution >= 0.6 is 0 Å². The number of hydrogen-bond donors (Lipinski definition) is 1. The third-order valence-corrected chi connectivity index (χ3v) is 6.89. The number of carbonyl (C=O) groups excluding carboxylic acids is 2. The number of alkyl halides is 3. The summed E-state index contributed by atoms with van der Waals surface area (Å²) in [5.41, 5.74) is 4.92. The van der Waals surface area contributed by atoms with Gasteiger partial charge in [-0.2, -0.15) is 23.5 Å². The predicted molar refractivity (Wildman–Crippen MR) is 116 cm³/mol. The molecule has 11 heteroatoms. The topological polar surface area (TPSA) is 108 Å². The summed E-state index contributed by atoms with van der Waals surface area (Å²) in [6, 6.07) is 6.85. The van der Waals surface area contributed by atoms with Crippen LogP contribution in [0.2, 0.25) is 0 Å². The maximum Gasteiger partial charge on any atom is 0.417 e. The van der Waals surface area contributed by atoms with Crippen LogP contribution in [0.1, 0.15) is 34.5 Å². The first kappa shape index (κ1) is 23.6. The van der Waals surface area contributed by atoms with Crippen LogP contribution in [0.5, 0.6) is 0 Å². The smallest absolute Gasteiger partial charge is 0.370 e. The summed E-state index contributed by atoms with van der Waals surface area (Å²) in [7, 11) is 1.74. The number of amides is 2. The van der Waals surface area contributed by atoms with E-state index in [-0.39, 0.29) is 24.3 Å². The first-order chi connectivity index (χ1) is 16.1. The molecule has 0 aliphatic carbocycles. The molecule has 2 saturated heterocycles. The number of hydrogen-bond acceptors (Lipinski definition) is 5. The Kier molecular flexibility index (Phi) is 6.25. The SMILES string of the molecule is Cn1ccc(C(=O)N2CCC([C@@H]3CN(c4ccc(C#N)c(C(F)(F)F)c4)C[C@H]3C(N)=O)CC2)n1. The van der Waals surface area contributed by atoms with Crippen molar-refractivity contribution < 1.29 is 22.8 Å². The summed E-state index contributed by atoms with van der Waals surface area (Å²) in [6.07, 6.45) is -1.61. The molecule has 34 heavy (non-hydrogen) atoms. The molecule has 8 nitrogen and oxygen atoms in total. The zero-order valence-corrected chi connectivity index (χ0v) is 18.6. The zero-order chi connectivity index (χ0) is 24.6. The lowest BCUT2D eigenvalue weighted by molar-refractivity contribution is -0.137. The van der Waals surface area contributed by atoms with Crippen molar-refractivity contribution in [1.82, 2.24) is 14.7 Å². The monoisotopic (exact) mass is 474 g/mol. The molecule has 2 aliphatic rings. The molecule has 2 aromatic rings. The van der Waals surface area contributed by atoms with E-state index in [1.54, 1.807) is 39.9 Å². The third-order valence-electron chi connectivity index (χ3n) is 6.89. The summed E-state index contributed by atoms with van der Waals surface area (Å²) >= 11 is 0. The molecule has 2 amide bonds. The number of aromatic nitrogens is 2. The fourth-order valence-corrected chi connectivity index (χ4v) is 5.10. The molecule has 0 bridgehead atoms. The lowest BCUT2D eigenvalue weighted by Gasteiger charge is -2.35. The van der Waals surface area contributed by atoms with Gasteiger partial charge in [-0.25, -0.2) is 0 Å². The van der Waals surface area contributed by atoms with Gasteiger partial charge >= 0.3 is 6.18 Å². The number of rotatable bonds is 4. The maximum atomic E-state index is 13.4. The number of aryl methyl sites for hydroxylation is 1. The van der Waals surface area contributed by atoms with Crippen molar-refractivity contribution >= 4 is 17.5 Å². The number of nitriles is 1. The van der Waals surface area contributed by atoms with E-state index in [1.165, 1.54) is 6.07 Å². The Morgan fingerprint density at radius 2 is 1.88 bits per heavy atom. The lowest BCUT2D eigenvalue weighted by Crippen LogP contribution is -2.42. The molecule has 0 saturated carbocycles. The van der Waals surface area contributed by atoms with Crippen molar-refractivity contribution in [2.45, 2.75) is 19.0 Å². The minimum Gasteiger partial charge on any atom is -0.370 e. The zero-order valence-electron chi connectivity index (χ0n) is 18.6. The van der Waals surface area contributed by atoms with Crippen molar-refractivity contribution in [3.05, 3.63) is 47.3 Å². The average molecular weight is 474 g/mol. The van der Waals surface area contributed by atoms with Crippen LogP contribution in [0, 0.1) is 29.1 Å². The van der Waals surface area contributed by atoms with Crippen LogP contribution < -0.4 is 10.6 Å². The highest BCUT2D eigenvalue weighted by Gasteiger charge is 2.43. The van der Waals surface area contributed by atoms with Crippen LogP contribution in [-0.4, -0.2) is 52.7 Å². The summed E-state index contributed by atoms with van der Waals surface area (Å²) in [5.74, 6) is -1.15. The minimum absolute atomic E-state index is 0.107. The van der Waals surface area contributed by atoms with E-state index in [9.17, 15) is 22.8 Å². The molecule has 1 aromatic carbocycles. The second kappa shape index (κ2) is 9.00. The maximum absolute atomic E-state index is 13.4. The molecule has 2 N–H and O–H groups in total. The summed E-state index contributed by atoms with van der Waals surface area (Å²) in [4.78, 5) is 28.4. The van der Waals surface area contributed by atoms with Crippen LogP contribution in [0.25, 0.3) is 0 Å². The van der Waals surface area contributed by atoms with E-state index in [4.69, 9.17) is 11.0 Å². The van der Waals surface area contributed by atoms with Gasteiger partial charge in [-0.15, -0.1) is 0 Å². The fraction of sp³-hybridized carbons (Fsp3) is 0.478. The Morgan fingerprint density at radius 3 is 2.44 bits per heavy atom. The third kappa shape index (κ3) is 4.58. The van der Waals surface area contributed by atoms with E-state index in [0.29, 0.717) is 43.9 Å². The average Bonchev–Trinajstić information content (AvgIpc) is 3.45. The van der Waals surface area contributed by atoms with Gasteiger partial charge in [-0.05, 0) is 48.9 Å². The molecule has 2 atom stereocenters. The van der Waals surface area contributed by atoms with Crippen molar-refractivity contribution in [2.75, 3.05) is 31.1 Å². The highest BCUT2D eigenvalue weighted by molar-refractivity contribution is 5.92. The van der Waals surface area contributed by atoms with Crippen molar-refractivity contribution in [3.63, 3.8) is 0 Å². The highest BCUT2D eigenvalue weighted by Crippen LogP contribution is 2.40. The Bertz CT molecular complexity index is 1130. The van der Waals surface area contributed by atoms with Crippen LogP contribution in [0.4, 0.5) is 18.9 Å². The van der Waals surface area contributed by atoms with Gasteiger partial charge in [-0.1, -0.05) is 0 Å². The molecule has 2 fully saturated rings. The Hall–Kier alpha value is -3.55. The number of nitrogens with zero attached hydrogens (tertiary/aromatic N) is 5. The molecule has 0 spiro atoms. The minimum atomic E-state index is -4.66. The largest absolute Gasteiger partial charge is 0.417 e. The van der Waals surface area contributed by atoms with E-state index in [1.807, 2.05) is 0 Å². The second-order valence-electron chi connectivity index (χ2n) is 8.92. The number of halogens is 3. The number of nitrogens with two attached hydrogens (primary N) is 1. The first-order valence-corrected chi connectivity index (χ1v) is 11.0. The number of benzene rings is 1. The van der Waals surface area contributed by atoms with E-state index >= 15 is 0 Å². The van der Waals surface area contributed by atoms with E-state index in [0.717, 1.165) is 12.1 Å². The Balaban J connectivity index is 1.48. The summed E-state index contributed by atoms with van der Waals surface area (Å²) in [5, 5.41) is 13.2. The van der Waals surface area contributed by atoms with Crippen molar-refractivity contribution in [1.29, 1.82) is 5.26 Å². The number of primary amides is 1. The molecule has 0 radical (unpaired) electrons. The lowest BCUT2D eigenvalue weighted by atomic mass is 9.78. The quantitative estimate of drug-likeness (QED) is 0.732. The Morgan fingerprint density at radius 1 is 1.18 bits per heavy atom. The fourth-order valence-electron chi connectivity index (χ4n) is 5.10. The first-order valence-electron chi connectivity index (χ1n) is 11.0. The van der Waals surface area contributed by atoms with Gasteiger partial charge in [0, 0.05) is 45.1 Å². The number of likely N-dealkylation sites (tertiary alicyclic amines) is 1. The molecule has 1 aromatic heterocycles. The molecule has 3 heterocycles. The summed E-state index contributed by atoms with van der Waals surface area (Å²) < 4.78 is 41.8. The van der Waals surface area contributed by atoms with E-state index < -0.39 is 29.1 Å². The van der Waals surface area contributed by atoms with Crippen LogP contribution in [0.15, 0.2) is 30.5 Å². The predicted octanol–water partition coefficient (Wildman–Crippen LogP) is 2.40. The number of anilines is 1. The molecule has 4 rings (SSSR count). The standard InChI is InChI=1S/C23H25F3N6O2/c1-30-7-6-20(29-30)22(34)31-8-4-14(5-9-31)17-12-32(13-18(17)21(28)33)16-3-2-15(11-27)19(10-16)23(24,25)26/h2-3,6-7,10,14,17-18H,4-5,8-9,12-13H2,1H3,(H2,28,33)/t17-,18+/m0/s1. The van der Waals surface area contributed by atoms with E-state index in [2.05, 4.69) is 5.10 Å². The van der Waals surface area contributed by atoms with Gasteiger partial charge in [0.25, 0.3) is 5.91 Å². The van der Waals surface area contributed by atoms with Crippen molar-refractivity contribution in [2.24, 2.45) is 30.5 Å². The number of piperidine rings is 1. The van der Waals surface area contributed by atoms with Gasteiger partial charge in [0.05, 0.1) is 23.1 Å². The molecule has 180 valence electrons. The van der Waals surface area contributed by atoms with Gasteiger partial charge in [0.1, 0.15) is 5.69 Å². The molecule has 0 unspecified atom stereocenters. The van der Waals surface area contributed by atoms with Gasteiger partial charge in [0.15, 0.2) is 0 Å².